The molecule has 24 heavy (non-hydrogen) atoms. The number of aliphatic hydroxyl groups is 1. The zero-order valence-corrected chi connectivity index (χ0v) is 16.2. The van der Waals surface area contributed by atoms with Crippen molar-refractivity contribution in [3.63, 3.8) is 0 Å². The highest BCUT2D eigenvalue weighted by Gasteiger charge is 2.11. The Balaban J connectivity index is 2.60. The minimum Gasteiger partial charge on any atom is -0.376 e. The lowest BCUT2D eigenvalue weighted by Gasteiger charge is -2.13. The third-order valence-corrected chi connectivity index (χ3v) is 4.63. The molecule has 2 nitrogen and oxygen atoms in total. The molecule has 0 aliphatic rings. The molecule has 0 heterocycles. The number of aryl methyl sites for hydroxylation is 1. The van der Waals surface area contributed by atoms with Crippen LogP contribution in [0.1, 0.15) is 68.2 Å². The van der Waals surface area contributed by atoms with E-state index in [1.54, 1.807) is 0 Å². The van der Waals surface area contributed by atoms with E-state index in [4.69, 9.17) is 4.52 Å². The van der Waals surface area contributed by atoms with Crippen molar-refractivity contribution in [1.29, 1.82) is 0 Å². The van der Waals surface area contributed by atoms with E-state index in [1.807, 2.05) is 18.2 Å². The first-order chi connectivity index (χ1) is 11.6. The van der Waals surface area contributed by atoms with E-state index < -0.39 is 6.10 Å². The third kappa shape index (κ3) is 7.18. The van der Waals surface area contributed by atoms with E-state index in [1.165, 1.54) is 24.8 Å². The molecular formula is C21H31O2P. The molecule has 0 bridgehead atoms. The monoisotopic (exact) mass is 346 g/mol. The second kappa shape index (κ2) is 12.3. The zero-order chi connectivity index (χ0) is 17.8. The van der Waals surface area contributed by atoms with Crippen LogP contribution >= 0.6 is 9.47 Å². The van der Waals surface area contributed by atoms with E-state index >= 15 is 0 Å². The van der Waals surface area contributed by atoms with Crippen LogP contribution < -0.4 is 0 Å². The van der Waals surface area contributed by atoms with Gasteiger partial charge in [-0.05, 0) is 42.9 Å². The lowest BCUT2D eigenvalue weighted by molar-refractivity contribution is 0.211. The van der Waals surface area contributed by atoms with Crippen LogP contribution in [0.4, 0.5) is 0 Å². The number of rotatable bonds is 10. The van der Waals surface area contributed by atoms with Crippen molar-refractivity contribution in [3.8, 4) is 11.8 Å². The molecule has 0 amide bonds. The SMILES string of the molecule is C=CCc1c(C)cccc1[C@@H](O)C#CCC[C@@H](CCCCC)OP. The Hall–Kier alpha value is -1.13. The van der Waals surface area contributed by atoms with Gasteiger partial charge in [-0.3, -0.25) is 0 Å². The number of aliphatic hydroxyl groups excluding tert-OH is 1. The summed E-state index contributed by atoms with van der Waals surface area (Å²) >= 11 is 0. The first-order valence-electron chi connectivity index (χ1n) is 8.85. The second-order valence-corrected chi connectivity index (χ2v) is 6.42. The Morgan fingerprint density at radius 2 is 2.12 bits per heavy atom. The van der Waals surface area contributed by atoms with Crippen molar-refractivity contribution in [1.82, 2.24) is 0 Å². The fraction of sp³-hybridized carbons (Fsp3) is 0.524. The van der Waals surface area contributed by atoms with Crippen LogP contribution in [-0.4, -0.2) is 11.2 Å². The molecule has 3 heteroatoms. The first kappa shape index (κ1) is 20.9. The second-order valence-electron chi connectivity index (χ2n) is 6.15. The minimum atomic E-state index is -0.740. The quantitative estimate of drug-likeness (QED) is 0.270. The van der Waals surface area contributed by atoms with E-state index in [0.29, 0.717) is 0 Å². The van der Waals surface area contributed by atoms with Crippen molar-refractivity contribution < 1.29 is 9.63 Å². The van der Waals surface area contributed by atoms with Gasteiger partial charge in [0, 0.05) is 15.9 Å². The molecule has 132 valence electrons. The Bertz CT molecular complexity index is 557. The van der Waals surface area contributed by atoms with Gasteiger partial charge in [0.25, 0.3) is 0 Å². The summed E-state index contributed by atoms with van der Waals surface area (Å²) < 4.78 is 5.43. The topological polar surface area (TPSA) is 29.5 Å². The van der Waals surface area contributed by atoms with E-state index in [2.05, 4.69) is 47.8 Å². The molecule has 0 radical (unpaired) electrons. The van der Waals surface area contributed by atoms with Crippen molar-refractivity contribution in [2.45, 2.75) is 71.0 Å². The Morgan fingerprint density at radius 1 is 1.33 bits per heavy atom. The number of unbranched alkanes of at least 4 members (excludes halogenated alkanes) is 2. The highest BCUT2D eigenvalue weighted by atomic mass is 31.0. The number of benzene rings is 1. The maximum Gasteiger partial charge on any atom is 0.140 e. The molecule has 0 aromatic heterocycles. The molecular weight excluding hydrogens is 315 g/mol. The summed E-state index contributed by atoms with van der Waals surface area (Å²) in [6, 6.07) is 5.97. The third-order valence-electron chi connectivity index (χ3n) is 4.24. The number of allylic oxidation sites excluding steroid dienone is 1. The summed E-state index contributed by atoms with van der Waals surface area (Å²) in [5.41, 5.74) is 3.19. The average molecular weight is 346 g/mol. The van der Waals surface area contributed by atoms with Gasteiger partial charge in [-0.2, -0.15) is 0 Å². The highest BCUT2D eigenvalue weighted by Crippen LogP contribution is 2.22. The van der Waals surface area contributed by atoms with Gasteiger partial charge in [0.2, 0.25) is 0 Å². The van der Waals surface area contributed by atoms with Crippen LogP contribution in [0.15, 0.2) is 30.9 Å². The van der Waals surface area contributed by atoms with Crippen LogP contribution in [0.5, 0.6) is 0 Å². The van der Waals surface area contributed by atoms with Crippen LogP contribution in [0, 0.1) is 18.8 Å². The molecule has 1 aromatic rings. The fourth-order valence-electron chi connectivity index (χ4n) is 2.79. The van der Waals surface area contributed by atoms with Gasteiger partial charge in [-0.1, -0.05) is 56.4 Å². The molecule has 3 atom stereocenters. The summed E-state index contributed by atoms with van der Waals surface area (Å²) in [5.74, 6) is 6.09. The molecule has 0 aliphatic heterocycles. The van der Waals surface area contributed by atoms with Crippen LogP contribution in [-0.2, 0) is 10.9 Å². The smallest absolute Gasteiger partial charge is 0.140 e. The minimum absolute atomic E-state index is 0.239. The molecule has 0 spiro atoms. The van der Waals surface area contributed by atoms with E-state index in [0.717, 1.165) is 36.8 Å². The van der Waals surface area contributed by atoms with Crippen LogP contribution in [0.25, 0.3) is 0 Å². The molecule has 1 N–H and O–H groups in total. The van der Waals surface area contributed by atoms with Crippen LogP contribution in [0.2, 0.25) is 0 Å². The molecule has 0 fully saturated rings. The van der Waals surface area contributed by atoms with Gasteiger partial charge in [0.15, 0.2) is 0 Å². The fourth-order valence-corrected chi connectivity index (χ4v) is 3.06. The van der Waals surface area contributed by atoms with E-state index in [-0.39, 0.29) is 6.10 Å². The maximum atomic E-state index is 10.4. The summed E-state index contributed by atoms with van der Waals surface area (Å²) in [4.78, 5) is 0. The predicted octanol–water partition coefficient (Wildman–Crippen LogP) is 5.30. The van der Waals surface area contributed by atoms with Gasteiger partial charge in [0.1, 0.15) is 6.10 Å². The lowest BCUT2D eigenvalue weighted by Crippen LogP contribution is -2.07. The average Bonchev–Trinajstić information content (AvgIpc) is 2.58. The molecule has 1 rings (SSSR count). The largest absolute Gasteiger partial charge is 0.376 e. The normalized spacial score (nSPS) is 13.0. The summed E-state index contributed by atoms with van der Waals surface area (Å²) in [5, 5.41) is 10.4. The van der Waals surface area contributed by atoms with Gasteiger partial charge in [-0.15, -0.1) is 12.5 Å². The Kier molecular flexibility index (Phi) is 10.7. The maximum absolute atomic E-state index is 10.4. The van der Waals surface area contributed by atoms with Gasteiger partial charge in [-0.25, -0.2) is 0 Å². The lowest BCUT2D eigenvalue weighted by atomic mass is 9.95. The van der Waals surface area contributed by atoms with Crippen molar-refractivity contribution in [3.05, 3.63) is 47.5 Å². The molecule has 0 saturated heterocycles. The summed E-state index contributed by atoms with van der Waals surface area (Å²) in [6.45, 7) is 8.06. The standard InChI is InChI=1S/C21H31O2P/c1-4-6-7-13-18(23-24)14-8-9-16-21(22)20-15-10-12-17(3)19(20)11-5-2/h5,10,12,15,18,21-22H,2,4,6-8,11,13-14,24H2,1,3H3/t18-,21+/m1/s1. The first-order valence-corrected chi connectivity index (χ1v) is 9.32. The molecule has 1 aromatic carbocycles. The predicted molar refractivity (Wildman–Crippen MR) is 106 cm³/mol. The summed E-state index contributed by atoms with van der Waals surface area (Å²) in [6.07, 6.45) is 8.49. The molecule has 0 aliphatic carbocycles. The summed E-state index contributed by atoms with van der Waals surface area (Å²) in [7, 11) is 2.37. The van der Waals surface area contributed by atoms with Crippen molar-refractivity contribution in [2.75, 3.05) is 0 Å². The molecule has 0 saturated carbocycles. The van der Waals surface area contributed by atoms with Gasteiger partial charge in [0.05, 0.1) is 6.10 Å². The van der Waals surface area contributed by atoms with Gasteiger partial charge >= 0.3 is 0 Å². The Labute approximate surface area is 150 Å². The number of hydrogen-bond donors (Lipinski definition) is 1. The zero-order valence-electron chi connectivity index (χ0n) is 15.1. The van der Waals surface area contributed by atoms with Crippen LogP contribution in [0.3, 0.4) is 0 Å². The Morgan fingerprint density at radius 3 is 2.79 bits per heavy atom. The van der Waals surface area contributed by atoms with Gasteiger partial charge < -0.3 is 9.63 Å². The number of hydrogen-bond acceptors (Lipinski definition) is 2. The molecule has 1 unspecified atom stereocenters. The van der Waals surface area contributed by atoms with Crippen molar-refractivity contribution in [2.24, 2.45) is 0 Å². The van der Waals surface area contributed by atoms with E-state index in [9.17, 15) is 5.11 Å². The van der Waals surface area contributed by atoms with Crippen molar-refractivity contribution >= 4 is 9.47 Å². The highest BCUT2D eigenvalue weighted by molar-refractivity contribution is 7.09.